The summed E-state index contributed by atoms with van der Waals surface area (Å²) in [5.41, 5.74) is 0.887. The van der Waals surface area contributed by atoms with Gasteiger partial charge < -0.3 is 10.1 Å². The van der Waals surface area contributed by atoms with Crippen LogP contribution in [0.1, 0.15) is 12.5 Å². The number of amides is 1. The predicted molar refractivity (Wildman–Crippen MR) is 102 cm³/mol. The average molecular weight is 395 g/mol. The summed E-state index contributed by atoms with van der Waals surface area (Å²) in [6, 6.07) is 20.6. The lowest BCUT2D eigenvalue weighted by Gasteiger charge is -2.17. The second-order valence-electron chi connectivity index (χ2n) is 5.51. The molecule has 1 N–H and O–H groups in total. The molecule has 3 aromatic rings. The minimum atomic E-state index is -0.718. The summed E-state index contributed by atoms with van der Waals surface area (Å²) in [5.74, 6) is 0.276. The number of nitrogens with zero attached hydrogens (tertiary/aromatic N) is 1. The molecule has 3 aromatic carbocycles. The van der Waals surface area contributed by atoms with Crippen molar-refractivity contribution in [1.29, 1.82) is 5.26 Å². The van der Waals surface area contributed by atoms with Gasteiger partial charge in [-0.2, -0.15) is 5.26 Å². The van der Waals surface area contributed by atoms with Crippen molar-refractivity contribution in [3.05, 3.63) is 70.7 Å². The Hall–Kier alpha value is -2.84. The third-order valence-corrected chi connectivity index (χ3v) is 4.62. The van der Waals surface area contributed by atoms with Crippen molar-refractivity contribution in [3.63, 3.8) is 0 Å². The fourth-order valence-corrected chi connectivity index (χ4v) is 3.06. The molecule has 0 aliphatic rings. The molecule has 0 aliphatic heterocycles. The van der Waals surface area contributed by atoms with E-state index in [9.17, 15) is 4.79 Å². The van der Waals surface area contributed by atoms with Gasteiger partial charge in [-0.3, -0.25) is 4.79 Å². The second kappa shape index (κ2) is 7.37. The maximum Gasteiger partial charge on any atom is 0.265 e. The van der Waals surface area contributed by atoms with Crippen molar-refractivity contribution < 1.29 is 9.53 Å². The van der Waals surface area contributed by atoms with Crippen molar-refractivity contribution >= 4 is 38.3 Å². The summed E-state index contributed by atoms with van der Waals surface area (Å²) in [6.45, 7) is 1.67. The number of ether oxygens (including phenoxy) is 1. The lowest BCUT2D eigenvalue weighted by molar-refractivity contribution is -0.122. The van der Waals surface area contributed by atoms with E-state index in [4.69, 9.17) is 10.00 Å². The van der Waals surface area contributed by atoms with Gasteiger partial charge in [0, 0.05) is 0 Å². The molecule has 3 rings (SSSR count). The highest BCUT2D eigenvalue weighted by atomic mass is 79.9. The highest BCUT2D eigenvalue weighted by molar-refractivity contribution is 9.10. The summed E-state index contributed by atoms with van der Waals surface area (Å²) in [6.07, 6.45) is -0.718. The first kappa shape index (κ1) is 17.0. The Morgan fingerprint density at radius 3 is 2.64 bits per heavy atom. The smallest absolute Gasteiger partial charge is 0.265 e. The van der Waals surface area contributed by atoms with Gasteiger partial charge >= 0.3 is 0 Å². The van der Waals surface area contributed by atoms with E-state index in [1.165, 1.54) is 0 Å². The Morgan fingerprint density at radius 2 is 1.84 bits per heavy atom. The quantitative estimate of drug-likeness (QED) is 0.685. The first-order valence-electron chi connectivity index (χ1n) is 7.74. The van der Waals surface area contributed by atoms with Crippen LogP contribution in [0.4, 0.5) is 5.69 Å². The molecule has 4 nitrogen and oxygen atoms in total. The van der Waals surface area contributed by atoms with E-state index in [1.54, 1.807) is 31.2 Å². The Kier molecular flexibility index (Phi) is 5.01. The summed E-state index contributed by atoms with van der Waals surface area (Å²) in [7, 11) is 0. The number of para-hydroxylation sites is 1. The van der Waals surface area contributed by atoms with E-state index in [0.717, 1.165) is 15.2 Å². The molecule has 0 saturated heterocycles. The van der Waals surface area contributed by atoms with Gasteiger partial charge in [0.1, 0.15) is 11.8 Å². The Labute approximate surface area is 154 Å². The van der Waals surface area contributed by atoms with Gasteiger partial charge in [-0.05, 0) is 51.8 Å². The summed E-state index contributed by atoms with van der Waals surface area (Å²) < 4.78 is 6.63. The van der Waals surface area contributed by atoms with Crippen LogP contribution in [0, 0.1) is 11.3 Å². The van der Waals surface area contributed by atoms with E-state index in [-0.39, 0.29) is 5.91 Å². The van der Waals surface area contributed by atoms with Crippen LogP contribution < -0.4 is 10.1 Å². The number of hydrogen-bond acceptors (Lipinski definition) is 3. The first-order chi connectivity index (χ1) is 12.1. The highest BCUT2D eigenvalue weighted by Gasteiger charge is 2.18. The molecule has 124 valence electrons. The lowest BCUT2D eigenvalue weighted by Crippen LogP contribution is -2.30. The number of anilines is 1. The van der Waals surface area contributed by atoms with E-state index >= 15 is 0 Å². The zero-order valence-electron chi connectivity index (χ0n) is 13.5. The molecule has 0 bridgehead atoms. The Balaban J connectivity index is 1.78. The SMILES string of the molecule is C[C@@H](Oc1ccc2ccccc2c1Br)C(=O)Nc1ccccc1C#N. The summed E-state index contributed by atoms with van der Waals surface area (Å²) in [5, 5.41) is 13.9. The van der Waals surface area contributed by atoms with Crippen LogP contribution in [0.5, 0.6) is 5.75 Å². The van der Waals surface area contributed by atoms with Crippen LogP contribution in [0.25, 0.3) is 10.8 Å². The second-order valence-corrected chi connectivity index (χ2v) is 6.30. The molecular formula is C20H15BrN2O2. The number of rotatable bonds is 4. The van der Waals surface area contributed by atoms with Gasteiger partial charge in [0.2, 0.25) is 0 Å². The molecular weight excluding hydrogens is 380 g/mol. The molecule has 0 unspecified atom stereocenters. The number of nitriles is 1. The number of benzene rings is 3. The van der Waals surface area contributed by atoms with Gasteiger partial charge in [0.25, 0.3) is 5.91 Å². The highest BCUT2D eigenvalue weighted by Crippen LogP contribution is 2.33. The molecule has 0 radical (unpaired) electrons. The largest absolute Gasteiger partial charge is 0.480 e. The van der Waals surface area contributed by atoms with Crippen molar-refractivity contribution in [2.75, 3.05) is 5.32 Å². The summed E-state index contributed by atoms with van der Waals surface area (Å²) >= 11 is 3.55. The predicted octanol–water partition coefficient (Wildman–Crippen LogP) is 4.88. The van der Waals surface area contributed by atoms with Crippen LogP contribution >= 0.6 is 15.9 Å². The number of carbonyl (C=O) groups is 1. The third-order valence-electron chi connectivity index (χ3n) is 3.81. The molecule has 0 aromatic heterocycles. The van der Waals surface area contributed by atoms with Gasteiger partial charge in [-0.1, -0.05) is 42.5 Å². The van der Waals surface area contributed by atoms with Crippen LogP contribution in [0.2, 0.25) is 0 Å². The monoisotopic (exact) mass is 394 g/mol. The summed E-state index contributed by atoms with van der Waals surface area (Å²) in [4.78, 5) is 12.4. The number of fused-ring (bicyclic) bond motifs is 1. The molecule has 0 heterocycles. The molecule has 0 spiro atoms. The average Bonchev–Trinajstić information content (AvgIpc) is 2.64. The molecule has 0 saturated carbocycles. The number of hydrogen-bond donors (Lipinski definition) is 1. The van der Waals surface area contributed by atoms with E-state index in [0.29, 0.717) is 17.0 Å². The van der Waals surface area contributed by atoms with Gasteiger partial charge in [-0.25, -0.2) is 0 Å². The molecule has 0 fully saturated rings. The van der Waals surface area contributed by atoms with Crippen molar-refractivity contribution in [2.45, 2.75) is 13.0 Å². The zero-order valence-corrected chi connectivity index (χ0v) is 15.1. The number of halogens is 1. The van der Waals surface area contributed by atoms with Crippen molar-refractivity contribution in [1.82, 2.24) is 0 Å². The standard InChI is InChI=1S/C20H15BrN2O2/c1-13(20(24)23-17-9-5-3-7-15(17)12-22)25-18-11-10-14-6-2-4-8-16(14)19(18)21/h2-11,13H,1H3,(H,23,24)/t13-/m1/s1. The fraction of sp³-hybridized carbons (Fsp3) is 0.100. The van der Waals surface area contributed by atoms with Gasteiger partial charge in [-0.15, -0.1) is 0 Å². The third kappa shape index (κ3) is 3.65. The topological polar surface area (TPSA) is 62.1 Å². The normalized spacial score (nSPS) is 11.6. The molecule has 0 aliphatic carbocycles. The van der Waals surface area contributed by atoms with Gasteiger partial charge in [0.05, 0.1) is 15.7 Å². The lowest BCUT2D eigenvalue weighted by atomic mass is 10.1. The van der Waals surface area contributed by atoms with Crippen molar-refractivity contribution in [2.24, 2.45) is 0 Å². The zero-order chi connectivity index (χ0) is 17.8. The van der Waals surface area contributed by atoms with Gasteiger partial charge in [0.15, 0.2) is 6.10 Å². The maximum atomic E-state index is 12.4. The first-order valence-corrected chi connectivity index (χ1v) is 8.53. The Bertz CT molecular complexity index is 979. The fourth-order valence-electron chi connectivity index (χ4n) is 2.47. The molecule has 5 heteroatoms. The minimum absolute atomic E-state index is 0.317. The van der Waals surface area contributed by atoms with Crippen LogP contribution in [-0.2, 0) is 4.79 Å². The molecule has 1 atom stereocenters. The van der Waals surface area contributed by atoms with E-state index < -0.39 is 6.10 Å². The van der Waals surface area contributed by atoms with E-state index in [1.807, 2.05) is 36.4 Å². The Morgan fingerprint density at radius 1 is 1.12 bits per heavy atom. The minimum Gasteiger partial charge on any atom is -0.480 e. The number of carbonyl (C=O) groups excluding carboxylic acids is 1. The number of nitrogens with one attached hydrogen (secondary N) is 1. The van der Waals surface area contributed by atoms with E-state index in [2.05, 4.69) is 27.3 Å². The van der Waals surface area contributed by atoms with Crippen LogP contribution in [0.15, 0.2) is 65.1 Å². The molecule has 1 amide bonds. The molecule has 25 heavy (non-hydrogen) atoms. The maximum absolute atomic E-state index is 12.4. The van der Waals surface area contributed by atoms with Crippen LogP contribution in [-0.4, -0.2) is 12.0 Å². The van der Waals surface area contributed by atoms with Crippen molar-refractivity contribution in [3.8, 4) is 11.8 Å². The van der Waals surface area contributed by atoms with Crippen LogP contribution in [0.3, 0.4) is 0 Å².